The minimum Gasteiger partial charge on any atom is -0.458 e. The van der Waals surface area contributed by atoms with Crippen molar-refractivity contribution in [2.24, 2.45) is 0 Å². The van der Waals surface area contributed by atoms with Crippen LogP contribution < -0.4 is 4.74 Å². The molecule has 10 heteroatoms. The molecular weight excluding hydrogens is 427 g/mol. The molecule has 2 aromatic carbocycles. The Morgan fingerprint density at radius 1 is 1.10 bits per heavy atom. The highest BCUT2D eigenvalue weighted by atomic mass is 19.4. The highest BCUT2D eigenvalue weighted by Gasteiger charge is 2.38. The Morgan fingerprint density at radius 3 is 2.52 bits per heavy atom. The van der Waals surface area contributed by atoms with Crippen LogP contribution in [0.3, 0.4) is 0 Å². The lowest BCUT2D eigenvalue weighted by molar-refractivity contribution is -0.241. The summed E-state index contributed by atoms with van der Waals surface area (Å²) in [7, 11) is 0. The van der Waals surface area contributed by atoms with E-state index < -0.39 is 60.3 Å². The molecule has 0 bridgehead atoms. The van der Waals surface area contributed by atoms with Crippen LogP contribution >= 0.6 is 0 Å². The monoisotopic (exact) mass is 446 g/mol. The summed E-state index contributed by atoms with van der Waals surface area (Å²) in [4.78, 5) is 0. The quantitative estimate of drug-likeness (QED) is 0.485. The molecule has 3 N–H and O–H groups in total. The Hall–Kier alpha value is -2.53. The van der Waals surface area contributed by atoms with E-state index in [0.717, 1.165) is 24.3 Å². The molecule has 0 aromatic heterocycles. The third kappa shape index (κ3) is 5.59. The first-order valence-corrected chi connectivity index (χ1v) is 9.22. The van der Waals surface area contributed by atoms with E-state index in [4.69, 9.17) is 9.47 Å². The van der Waals surface area contributed by atoms with E-state index in [9.17, 15) is 37.3 Å². The second kappa shape index (κ2) is 9.31. The number of halogens is 5. The summed E-state index contributed by atoms with van der Waals surface area (Å²) in [6, 6.07) is 5.72. The van der Waals surface area contributed by atoms with Gasteiger partial charge in [-0.15, -0.1) is 0 Å². The molecule has 0 amide bonds. The highest BCUT2D eigenvalue weighted by Crippen LogP contribution is 2.32. The Bertz CT molecular complexity index is 946. The first-order valence-electron chi connectivity index (χ1n) is 9.22. The van der Waals surface area contributed by atoms with Crippen LogP contribution in [0.1, 0.15) is 23.1 Å². The van der Waals surface area contributed by atoms with Gasteiger partial charge in [0.2, 0.25) is 6.29 Å². The van der Waals surface area contributed by atoms with E-state index in [1.54, 1.807) is 0 Å². The summed E-state index contributed by atoms with van der Waals surface area (Å²) >= 11 is 0. The highest BCUT2D eigenvalue weighted by molar-refractivity contribution is 5.73. The minimum atomic E-state index is -4.55. The van der Waals surface area contributed by atoms with Crippen LogP contribution in [0.5, 0.6) is 5.75 Å². The Morgan fingerprint density at radius 2 is 1.84 bits per heavy atom. The summed E-state index contributed by atoms with van der Waals surface area (Å²) in [6.07, 6.45) is -7.62. The van der Waals surface area contributed by atoms with E-state index in [1.807, 2.05) is 0 Å². The second-order valence-electron chi connectivity index (χ2n) is 6.98. The summed E-state index contributed by atoms with van der Waals surface area (Å²) in [5.74, 6) is -2.66. The average molecular weight is 446 g/mol. The zero-order valence-electron chi connectivity index (χ0n) is 15.9. The Kier molecular flexibility index (Phi) is 6.95. The summed E-state index contributed by atoms with van der Waals surface area (Å²) in [5, 5.41) is 29.2. The molecular formula is C21H19F5O5. The van der Waals surface area contributed by atoms with Crippen LogP contribution in [0.25, 0.3) is 12.2 Å². The number of alkyl halides is 3. The number of hydrogen-bond acceptors (Lipinski definition) is 5. The maximum atomic E-state index is 14.4. The van der Waals surface area contributed by atoms with E-state index in [1.165, 1.54) is 18.2 Å². The van der Waals surface area contributed by atoms with Crippen molar-refractivity contribution in [3.63, 3.8) is 0 Å². The van der Waals surface area contributed by atoms with Crippen molar-refractivity contribution >= 4 is 12.2 Å². The van der Waals surface area contributed by atoms with Gasteiger partial charge in [0.1, 0.15) is 11.9 Å². The van der Waals surface area contributed by atoms with Crippen molar-refractivity contribution < 1.29 is 46.7 Å². The van der Waals surface area contributed by atoms with Gasteiger partial charge in [-0.1, -0.05) is 24.3 Å². The van der Waals surface area contributed by atoms with Gasteiger partial charge in [-0.05, 0) is 23.8 Å². The molecule has 3 rings (SSSR count). The molecule has 4 atom stereocenters. The first kappa shape index (κ1) is 23.1. The molecule has 1 fully saturated rings. The zero-order valence-corrected chi connectivity index (χ0v) is 15.9. The molecule has 1 aliphatic rings. The van der Waals surface area contributed by atoms with Crippen LogP contribution in [0.15, 0.2) is 36.4 Å². The molecule has 2 aromatic rings. The van der Waals surface area contributed by atoms with Crippen molar-refractivity contribution in [3.05, 3.63) is 64.7 Å². The van der Waals surface area contributed by atoms with Gasteiger partial charge in [-0.25, -0.2) is 8.78 Å². The number of benzene rings is 2. The fourth-order valence-electron chi connectivity index (χ4n) is 3.08. The predicted octanol–water partition coefficient (Wildman–Crippen LogP) is 3.36. The first-order chi connectivity index (χ1) is 14.6. The molecule has 0 aliphatic carbocycles. The molecule has 5 nitrogen and oxygen atoms in total. The van der Waals surface area contributed by atoms with Gasteiger partial charge in [-0.2, -0.15) is 13.2 Å². The molecule has 1 saturated heterocycles. The van der Waals surface area contributed by atoms with Gasteiger partial charge in [-0.3, -0.25) is 0 Å². The maximum Gasteiger partial charge on any atom is 0.416 e. The number of aliphatic hydroxyl groups is 3. The van der Waals surface area contributed by atoms with Crippen molar-refractivity contribution in [3.8, 4) is 5.75 Å². The summed E-state index contributed by atoms with van der Waals surface area (Å²) in [5.41, 5.74) is -0.944. The molecule has 0 unspecified atom stereocenters. The predicted molar refractivity (Wildman–Crippen MR) is 99.7 cm³/mol. The second-order valence-corrected chi connectivity index (χ2v) is 6.98. The van der Waals surface area contributed by atoms with Crippen LogP contribution in [0.2, 0.25) is 0 Å². The molecule has 1 heterocycles. The van der Waals surface area contributed by atoms with Crippen molar-refractivity contribution in [2.75, 3.05) is 6.61 Å². The standard InChI is InChI=1S/C21H19F5O5/c22-14-7-12(5-4-11-2-1-3-13(6-11)21(24,25)26)19(16(23)8-14)31-20-18(29)17(28)9-15(10-27)30-20/h1-8,15,17-18,20,27-29H,9-10H2/b5-4+/t15-,17-,18+,20-/m0/s1. The molecule has 1 aliphatic heterocycles. The number of aliphatic hydroxyl groups excluding tert-OH is 3. The maximum absolute atomic E-state index is 14.4. The Balaban J connectivity index is 1.91. The van der Waals surface area contributed by atoms with E-state index in [-0.39, 0.29) is 17.5 Å². The lowest BCUT2D eigenvalue weighted by Crippen LogP contribution is -2.51. The van der Waals surface area contributed by atoms with Gasteiger partial charge in [0.05, 0.1) is 24.4 Å². The molecule has 0 radical (unpaired) electrons. The van der Waals surface area contributed by atoms with Gasteiger partial charge >= 0.3 is 6.18 Å². The van der Waals surface area contributed by atoms with Gasteiger partial charge < -0.3 is 24.8 Å². The fourth-order valence-corrected chi connectivity index (χ4v) is 3.08. The average Bonchev–Trinajstić information content (AvgIpc) is 2.71. The lowest BCUT2D eigenvalue weighted by Gasteiger charge is -2.36. The van der Waals surface area contributed by atoms with Crippen LogP contribution in [-0.2, 0) is 10.9 Å². The van der Waals surface area contributed by atoms with Crippen molar-refractivity contribution in [1.82, 2.24) is 0 Å². The van der Waals surface area contributed by atoms with E-state index in [0.29, 0.717) is 6.07 Å². The number of rotatable bonds is 5. The van der Waals surface area contributed by atoms with Crippen molar-refractivity contribution in [1.29, 1.82) is 0 Å². The van der Waals surface area contributed by atoms with E-state index in [2.05, 4.69) is 0 Å². The van der Waals surface area contributed by atoms with E-state index >= 15 is 0 Å². The zero-order chi connectivity index (χ0) is 22.8. The van der Waals surface area contributed by atoms with Crippen molar-refractivity contribution in [2.45, 2.75) is 37.2 Å². The topological polar surface area (TPSA) is 79.2 Å². The Labute approximate surface area is 174 Å². The SMILES string of the molecule is OC[C@@H]1C[C@H](O)[C@@H](O)[C@H](Oc2c(F)cc(F)cc2/C=C/c2cccc(C(F)(F)F)c2)O1. The molecule has 0 spiro atoms. The van der Waals surface area contributed by atoms with Crippen LogP contribution in [-0.4, -0.2) is 46.5 Å². The largest absolute Gasteiger partial charge is 0.458 e. The number of ether oxygens (including phenoxy) is 2. The lowest BCUT2D eigenvalue weighted by atomic mass is 10.0. The number of hydrogen-bond donors (Lipinski definition) is 3. The normalized spacial score (nSPS) is 24.5. The summed E-state index contributed by atoms with van der Waals surface area (Å²) < 4.78 is 77.4. The van der Waals surface area contributed by atoms with Gasteiger partial charge in [0.25, 0.3) is 0 Å². The minimum absolute atomic E-state index is 0.0776. The van der Waals surface area contributed by atoms with Crippen LogP contribution in [0, 0.1) is 11.6 Å². The molecule has 31 heavy (non-hydrogen) atoms. The summed E-state index contributed by atoms with van der Waals surface area (Å²) in [6.45, 7) is -0.488. The molecule has 168 valence electrons. The third-order valence-corrected chi connectivity index (χ3v) is 4.65. The smallest absolute Gasteiger partial charge is 0.416 e. The van der Waals surface area contributed by atoms with Gasteiger partial charge in [0, 0.05) is 18.1 Å². The third-order valence-electron chi connectivity index (χ3n) is 4.65. The molecule has 0 saturated carbocycles. The van der Waals surface area contributed by atoms with Crippen LogP contribution in [0.4, 0.5) is 22.0 Å². The van der Waals surface area contributed by atoms with Gasteiger partial charge in [0.15, 0.2) is 11.6 Å². The fraction of sp³-hybridized carbons (Fsp3) is 0.333.